The van der Waals surface area contributed by atoms with Gasteiger partial charge in [0.05, 0.1) is 23.0 Å². The lowest BCUT2D eigenvalue weighted by Gasteiger charge is -2.28. The van der Waals surface area contributed by atoms with Crippen molar-refractivity contribution in [3.05, 3.63) is 0 Å². The first-order valence-corrected chi connectivity index (χ1v) is 9.93. The van der Waals surface area contributed by atoms with E-state index in [1.54, 1.807) is 0 Å². The molecule has 11 heteroatoms. The van der Waals surface area contributed by atoms with E-state index in [1.807, 2.05) is 6.26 Å². The molecule has 130 valence electrons. The first-order chi connectivity index (χ1) is 10.6. The standard InChI is InChI=1S/C12H18N2O7S2/c1-22-3-2-5(13)9(15)14-12(11(18)19)4-23(20,21)8-6(7(8)12)10(16)17/h5-8H,2-4,13H2,1H3,(H,14,15)(H,16,17)(H,18,19)/t5-,6+,7?,8-,12-/m0/s1. The summed E-state index contributed by atoms with van der Waals surface area (Å²) in [5, 5.41) is 19.5. The maximum Gasteiger partial charge on any atom is 0.330 e. The number of nitrogens with one attached hydrogen (secondary N) is 1. The molecule has 1 aliphatic heterocycles. The van der Waals surface area contributed by atoms with Crippen LogP contribution in [0.25, 0.3) is 0 Å². The summed E-state index contributed by atoms with van der Waals surface area (Å²) in [7, 11) is -3.91. The Kier molecular flexibility index (Phi) is 4.66. The van der Waals surface area contributed by atoms with Gasteiger partial charge < -0.3 is 21.3 Å². The summed E-state index contributed by atoms with van der Waals surface area (Å²) in [6.45, 7) is 0. The molecule has 1 heterocycles. The third-order valence-electron chi connectivity index (χ3n) is 4.35. The molecule has 0 aromatic rings. The molecule has 23 heavy (non-hydrogen) atoms. The molecule has 0 aromatic carbocycles. The van der Waals surface area contributed by atoms with E-state index in [0.29, 0.717) is 12.2 Å². The number of hydrogen-bond acceptors (Lipinski definition) is 7. The molecule has 2 aliphatic rings. The van der Waals surface area contributed by atoms with E-state index in [0.717, 1.165) is 0 Å². The summed E-state index contributed by atoms with van der Waals surface area (Å²) in [5.41, 5.74) is 3.55. The second kappa shape index (κ2) is 5.95. The van der Waals surface area contributed by atoms with Gasteiger partial charge in [0.15, 0.2) is 15.4 Å². The minimum absolute atomic E-state index is 0.298. The number of amides is 1. The SMILES string of the molecule is CSCC[C@H](N)C(=O)N[C@@]1(C(=O)O)CS(=O)(=O)[C@@H]2C1[C@H]2C(=O)O. The molecule has 1 aliphatic carbocycles. The Bertz CT molecular complexity index is 650. The van der Waals surface area contributed by atoms with Crippen molar-refractivity contribution in [1.29, 1.82) is 0 Å². The zero-order chi connectivity index (χ0) is 17.6. The van der Waals surface area contributed by atoms with Crippen LogP contribution in [0, 0.1) is 11.8 Å². The van der Waals surface area contributed by atoms with Gasteiger partial charge in [0, 0.05) is 5.92 Å². The quantitative estimate of drug-likeness (QED) is 0.404. The van der Waals surface area contributed by atoms with Crippen LogP contribution in [0.2, 0.25) is 0 Å². The minimum Gasteiger partial charge on any atom is -0.481 e. The smallest absolute Gasteiger partial charge is 0.330 e. The van der Waals surface area contributed by atoms with Gasteiger partial charge in [0.2, 0.25) is 5.91 Å². The molecule has 9 nitrogen and oxygen atoms in total. The number of rotatable bonds is 7. The summed E-state index contributed by atoms with van der Waals surface area (Å²) >= 11 is 1.46. The minimum atomic E-state index is -3.91. The normalized spacial score (nSPS) is 35.1. The Morgan fingerprint density at radius 2 is 2.00 bits per heavy atom. The molecule has 0 spiro atoms. The number of nitrogens with two attached hydrogens (primary N) is 1. The molecular weight excluding hydrogens is 348 g/mol. The van der Waals surface area contributed by atoms with Crippen LogP contribution >= 0.6 is 11.8 Å². The fourth-order valence-electron chi connectivity index (χ4n) is 3.19. The number of carbonyl (C=O) groups is 3. The molecule has 0 bridgehead atoms. The predicted octanol–water partition coefficient (Wildman–Crippen LogP) is -1.87. The number of fused-ring (bicyclic) bond motifs is 1. The van der Waals surface area contributed by atoms with E-state index in [2.05, 4.69) is 5.32 Å². The maximum atomic E-state index is 12.1. The van der Waals surface area contributed by atoms with E-state index < -0.39 is 62.1 Å². The lowest BCUT2D eigenvalue weighted by atomic mass is 9.93. The Labute approximate surface area is 136 Å². The molecule has 1 unspecified atom stereocenters. The van der Waals surface area contributed by atoms with Gasteiger partial charge in [0.25, 0.3) is 0 Å². The third kappa shape index (κ3) is 2.92. The highest BCUT2D eigenvalue weighted by Gasteiger charge is 2.79. The van der Waals surface area contributed by atoms with Crippen molar-refractivity contribution in [3.63, 3.8) is 0 Å². The lowest BCUT2D eigenvalue weighted by molar-refractivity contribution is -0.148. The highest BCUT2D eigenvalue weighted by molar-refractivity contribution is 7.98. The number of thioether (sulfide) groups is 1. The number of sulfone groups is 1. The van der Waals surface area contributed by atoms with Gasteiger partial charge in [-0.15, -0.1) is 0 Å². The maximum absolute atomic E-state index is 12.1. The molecule has 2 rings (SSSR count). The van der Waals surface area contributed by atoms with Crippen molar-refractivity contribution in [1.82, 2.24) is 5.32 Å². The highest BCUT2D eigenvalue weighted by atomic mass is 32.2. The average molecular weight is 366 g/mol. The van der Waals surface area contributed by atoms with Crippen LogP contribution < -0.4 is 11.1 Å². The predicted molar refractivity (Wildman–Crippen MR) is 81.7 cm³/mol. The van der Waals surface area contributed by atoms with Crippen molar-refractivity contribution >= 4 is 39.4 Å². The van der Waals surface area contributed by atoms with Gasteiger partial charge >= 0.3 is 11.9 Å². The van der Waals surface area contributed by atoms with Gasteiger partial charge in [0.1, 0.15) is 0 Å². The Hall–Kier alpha value is -1.33. The number of aliphatic carboxylic acids is 2. The van der Waals surface area contributed by atoms with Crippen LogP contribution in [0.1, 0.15) is 6.42 Å². The summed E-state index contributed by atoms with van der Waals surface area (Å²) in [6, 6.07) is -0.984. The van der Waals surface area contributed by atoms with Crippen molar-refractivity contribution in [2.24, 2.45) is 17.6 Å². The van der Waals surface area contributed by atoms with Gasteiger partial charge in [-0.05, 0) is 18.4 Å². The summed E-state index contributed by atoms with van der Waals surface area (Å²) < 4.78 is 24.1. The summed E-state index contributed by atoms with van der Waals surface area (Å²) in [6.07, 6.45) is 2.12. The number of hydrogen-bond donors (Lipinski definition) is 4. The molecule has 2 fully saturated rings. The number of carbonyl (C=O) groups excluding carboxylic acids is 1. The topological polar surface area (TPSA) is 164 Å². The first-order valence-electron chi connectivity index (χ1n) is 6.83. The monoisotopic (exact) mass is 366 g/mol. The van der Waals surface area contributed by atoms with Crippen LogP contribution in [-0.2, 0) is 24.2 Å². The van der Waals surface area contributed by atoms with E-state index in [-0.39, 0.29) is 0 Å². The molecule has 1 saturated carbocycles. The molecular formula is C12H18N2O7S2. The zero-order valence-corrected chi connectivity index (χ0v) is 13.9. The van der Waals surface area contributed by atoms with Gasteiger partial charge in [-0.1, -0.05) is 0 Å². The Morgan fingerprint density at radius 3 is 2.43 bits per heavy atom. The second-order valence-corrected chi connectivity index (χ2v) is 8.96. The van der Waals surface area contributed by atoms with Crippen LogP contribution in [0.15, 0.2) is 0 Å². The molecule has 1 saturated heterocycles. The molecule has 5 N–H and O–H groups in total. The van der Waals surface area contributed by atoms with Gasteiger partial charge in [-0.2, -0.15) is 11.8 Å². The van der Waals surface area contributed by atoms with Crippen LogP contribution in [0.3, 0.4) is 0 Å². The van der Waals surface area contributed by atoms with Gasteiger partial charge in [-0.25, -0.2) is 13.2 Å². The third-order valence-corrected chi connectivity index (χ3v) is 7.27. The van der Waals surface area contributed by atoms with Crippen molar-refractivity contribution in [2.45, 2.75) is 23.3 Å². The van der Waals surface area contributed by atoms with Crippen LogP contribution in [0.5, 0.6) is 0 Å². The van der Waals surface area contributed by atoms with Crippen molar-refractivity contribution in [3.8, 4) is 0 Å². The van der Waals surface area contributed by atoms with Gasteiger partial charge in [-0.3, -0.25) is 9.59 Å². The fourth-order valence-corrected chi connectivity index (χ4v) is 6.38. The highest BCUT2D eigenvalue weighted by Crippen LogP contribution is 2.57. The van der Waals surface area contributed by atoms with Crippen molar-refractivity contribution < 1.29 is 33.0 Å². The molecule has 0 aromatic heterocycles. The van der Waals surface area contributed by atoms with Crippen molar-refractivity contribution in [2.75, 3.05) is 17.8 Å². The average Bonchev–Trinajstić information content (AvgIpc) is 3.15. The van der Waals surface area contributed by atoms with E-state index >= 15 is 0 Å². The summed E-state index contributed by atoms with van der Waals surface area (Å²) in [4.78, 5) is 34.9. The van der Waals surface area contributed by atoms with E-state index in [1.165, 1.54) is 11.8 Å². The first kappa shape index (κ1) is 18.0. The Balaban J connectivity index is 2.26. The molecule has 5 atom stereocenters. The summed E-state index contributed by atoms with van der Waals surface area (Å²) in [5.74, 6) is -6.43. The van der Waals surface area contributed by atoms with E-state index in [4.69, 9.17) is 10.8 Å². The zero-order valence-electron chi connectivity index (χ0n) is 12.3. The number of carboxylic acid groups (broad SMARTS) is 2. The Morgan fingerprint density at radius 1 is 1.39 bits per heavy atom. The lowest BCUT2D eigenvalue weighted by Crippen LogP contribution is -2.61. The largest absolute Gasteiger partial charge is 0.481 e. The second-order valence-electron chi connectivity index (χ2n) is 5.82. The molecule has 0 radical (unpaired) electrons. The van der Waals surface area contributed by atoms with Crippen LogP contribution in [0.4, 0.5) is 0 Å². The fraction of sp³-hybridized carbons (Fsp3) is 0.750. The number of carboxylic acids is 2. The van der Waals surface area contributed by atoms with Crippen LogP contribution in [-0.4, -0.2) is 71.1 Å². The molecule has 1 amide bonds. The van der Waals surface area contributed by atoms with E-state index in [9.17, 15) is 27.9 Å².